The molecule has 0 aliphatic carbocycles. The molecule has 0 bridgehead atoms. The largest absolute Gasteiger partial charge is 0.0622 e. The van der Waals surface area contributed by atoms with Crippen LogP contribution in [0.2, 0.25) is 0 Å². The minimum absolute atomic E-state index is 1.12. The molecule has 0 aliphatic heterocycles. The van der Waals surface area contributed by atoms with Crippen LogP contribution in [-0.4, -0.2) is 0 Å². The Labute approximate surface area is 143 Å². The molecule has 4 aromatic rings. The van der Waals surface area contributed by atoms with E-state index in [0.29, 0.717) is 0 Å². The molecular formula is C24H17. The fraction of sp³-hybridized carbons (Fsp3) is 0. The summed E-state index contributed by atoms with van der Waals surface area (Å²) in [5, 5.41) is 0. The number of hydrogen-bond donors (Lipinski definition) is 0. The van der Waals surface area contributed by atoms with Gasteiger partial charge in [0.1, 0.15) is 0 Å². The van der Waals surface area contributed by atoms with Crippen LogP contribution in [0.5, 0.6) is 0 Å². The summed E-state index contributed by atoms with van der Waals surface area (Å²) in [6.07, 6.45) is 0. The second kappa shape index (κ2) is 6.55. The fourth-order valence-corrected chi connectivity index (χ4v) is 2.95. The van der Waals surface area contributed by atoms with Gasteiger partial charge in [-0.2, -0.15) is 0 Å². The molecule has 0 spiro atoms. The van der Waals surface area contributed by atoms with Gasteiger partial charge in [-0.05, 0) is 57.6 Å². The first-order valence-electron chi connectivity index (χ1n) is 8.13. The van der Waals surface area contributed by atoms with Crippen molar-refractivity contribution in [3.8, 4) is 33.4 Å². The van der Waals surface area contributed by atoms with Gasteiger partial charge >= 0.3 is 0 Å². The van der Waals surface area contributed by atoms with E-state index in [2.05, 4.69) is 97.1 Å². The maximum Gasteiger partial charge on any atom is -0.00992 e. The van der Waals surface area contributed by atoms with Gasteiger partial charge in [0, 0.05) is 0 Å². The van der Waals surface area contributed by atoms with Crippen molar-refractivity contribution in [2.75, 3.05) is 0 Å². The van der Waals surface area contributed by atoms with Crippen molar-refractivity contribution in [3.63, 3.8) is 0 Å². The van der Waals surface area contributed by atoms with E-state index in [0.717, 1.165) is 5.56 Å². The van der Waals surface area contributed by atoms with E-state index in [4.69, 9.17) is 0 Å². The highest BCUT2D eigenvalue weighted by molar-refractivity contribution is 5.80. The number of hydrogen-bond acceptors (Lipinski definition) is 0. The highest BCUT2D eigenvalue weighted by atomic mass is 14.1. The Balaban J connectivity index is 1.92. The molecule has 0 aromatic heterocycles. The zero-order valence-electron chi connectivity index (χ0n) is 13.3. The summed E-state index contributed by atoms with van der Waals surface area (Å²) in [6, 6.07) is 39.3. The molecule has 4 rings (SSSR count). The normalized spacial score (nSPS) is 10.5. The molecule has 1 radical (unpaired) electrons. The highest BCUT2D eigenvalue weighted by Gasteiger charge is 2.06. The van der Waals surface area contributed by atoms with Gasteiger partial charge < -0.3 is 0 Å². The summed E-state index contributed by atoms with van der Waals surface area (Å²) in [7, 11) is 0. The molecule has 0 nitrogen and oxygen atoms in total. The maximum absolute atomic E-state index is 3.34. The predicted octanol–water partition coefficient (Wildman–Crippen LogP) is 6.49. The van der Waals surface area contributed by atoms with Crippen molar-refractivity contribution in [3.05, 3.63) is 109 Å². The van der Waals surface area contributed by atoms with E-state index < -0.39 is 0 Å². The second-order valence-corrected chi connectivity index (χ2v) is 5.81. The zero-order valence-corrected chi connectivity index (χ0v) is 13.3. The second-order valence-electron chi connectivity index (χ2n) is 5.81. The van der Waals surface area contributed by atoms with Crippen LogP contribution >= 0.6 is 0 Å². The Morgan fingerprint density at radius 1 is 0.417 bits per heavy atom. The van der Waals surface area contributed by atoms with Crippen LogP contribution in [0.3, 0.4) is 0 Å². The topological polar surface area (TPSA) is 0 Å². The molecule has 0 amide bonds. The highest BCUT2D eigenvalue weighted by Crippen LogP contribution is 2.32. The molecule has 0 unspecified atom stereocenters. The molecule has 0 saturated heterocycles. The predicted molar refractivity (Wildman–Crippen MR) is 102 cm³/mol. The molecule has 0 atom stereocenters. The van der Waals surface area contributed by atoms with Gasteiger partial charge in [0.2, 0.25) is 0 Å². The maximum atomic E-state index is 3.34. The Morgan fingerprint density at radius 3 is 1.42 bits per heavy atom. The summed E-state index contributed by atoms with van der Waals surface area (Å²) in [5.74, 6) is 0. The van der Waals surface area contributed by atoms with Gasteiger partial charge in [0.15, 0.2) is 0 Å². The lowest BCUT2D eigenvalue weighted by atomic mass is 9.93. The van der Waals surface area contributed by atoms with Crippen molar-refractivity contribution in [2.45, 2.75) is 0 Å². The molecule has 0 N–H and O–H groups in total. The van der Waals surface area contributed by atoms with Crippen molar-refractivity contribution < 1.29 is 0 Å². The van der Waals surface area contributed by atoms with Crippen LogP contribution in [0.25, 0.3) is 33.4 Å². The van der Waals surface area contributed by atoms with Crippen molar-refractivity contribution in [1.29, 1.82) is 0 Å². The third-order valence-corrected chi connectivity index (χ3v) is 4.17. The van der Waals surface area contributed by atoms with Gasteiger partial charge in [0.25, 0.3) is 0 Å². The Hall–Kier alpha value is -3.12. The lowest BCUT2D eigenvalue weighted by molar-refractivity contribution is 1.56. The molecule has 0 fully saturated rings. The summed E-state index contributed by atoms with van der Waals surface area (Å²) in [5.41, 5.74) is 7.22. The number of benzene rings is 4. The average Bonchev–Trinajstić information content (AvgIpc) is 2.70. The van der Waals surface area contributed by atoms with Gasteiger partial charge in [-0.15, -0.1) is 0 Å². The molecule has 0 heteroatoms. The van der Waals surface area contributed by atoms with Crippen molar-refractivity contribution >= 4 is 0 Å². The fourth-order valence-electron chi connectivity index (χ4n) is 2.95. The minimum atomic E-state index is 1.12. The van der Waals surface area contributed by atoms with Crippen LogP contribution in [0, 0.1) is 6.07 Å². The van der Waals surface area contributed by atoms with Gasteiger partial charge in [0.05, 0.1) is 0 Å². The SMILES string of the molecule is [c]1ccccc1-c1cc(-c2ccccc2)cc(-c2ccccc2)c1. The van der Waals surface area contributed by atoms with Gasteiger partial charge in [-0.1, -0.05) is 84.9 Å². The third-order valence-electron chi connectivity index (χ3n) is 4.17. The van der Waals surface area contributed by atoms with E-state index >= 15 is 0 Å². The van der Waals surface area contributed by atoms with Crippen molar-refractivity contribution in [2.24, 2.45) is 0 Å². The van der Waals surface area contributed by atoms with Crippen LogP contribution in [0.15, 0.2) is 103 Å². The molecule has 24 heavy (non-hydrogen) atoms. The Morgan fingerprint density at radius 2 is 0.917 bits per heavy atom. The lowest BCUT2D eigenvalue weighted by Gasteiger charge is -2.11. The Bertz CT molecular complexity index is 784. The zero-order chi connectivity index (χ0) is 16.2. The average molecular weight is 305 g/mol. The molecular weight excluding hydrogens is 288 g/mol. The molecule has 4 aromatic carbocycles. The van der Waals surface area contributed by atoms with Crippen LogP contribution in [0.1, 0.15) is 0 Å². The molecule has 0 saturated carbocycles. The molecule has 0 heterocycles. The first-order chi connectivity index (χ1) is 11.9. The van der Waals surface area contributed by atoms with E-state index in [1.165, 1.54) is 27.8 Å². The summed E-state index contributed by atoms with van der Waals surface area (Å²) < 4.78 is 0. The smallest absolute Gasteiger partial charge is 0.00992 e. The van der Waals surface area contributed by atoms with Crippen LogP contribution in [-0.2, 0) is 0 Å². The lowest BCUT2D eigenvalue weighted by Crippen LogP contribution is -1.86. The molecule has 113 valence electrons. The first kappa shape index (κ1) is 14.5. The number of rotatable bonds is 3. The Kier molecular flexibility index (Phi) is 3.95. The quantitative estimate of drug-likeness (QED) is 0.406. The summed E-state index contributed by atoms with van der Waals surface area (Å²) in [4.78, 5) is 0. The minimum Gasteiger partial charge on any atom is -0.0622 e. The first-order valence-corrected chi connectivity index (χ1v) is 8.13. The van der Waals surface area contributed by atoms with Crippen LogP contribution < -0.4 is 0 Å². The van der Waals surface area contributed by atoms with E-state index in [1.54, 1.807) is 0 Å². The van der Waals surface area contributed by atoms with E-state index in [-0.39, 0.29) is 0 Å². The molecule has 0 aliphatic rings. The monoisotopic (exact) mass is 305 g/mol. The standard InChI is InChI=1S/C24H17/c1-4-10-19(11-5-1)22-16-23(20-12-6-2-7-13-20)18-24(17-22)21-14-8-3-9-15-21/h1-14,16-18H. The third kappa shape index (κ3) is 3.00. The van der Waals surface area contributed by atoms with E-state index in [9.17, 15) is 0 Å². The van der Waals surface area contributed by atoms with Gasteiger partial charge in [-0.25, -0.2) is 0 Å². The summed E-state index contributed by atoms with van der Waals surface area (Å²) >= 11 is 0. The summed E-state index contributed by atoms with van der Waals surface area (Å²) in [6.45, 7) is 0. The van der Waals surface area contributed by atoms with Crippen LogP contribution in [0.4, 0.5) is 0 Å². The van der Waals surface area contributed by atoms with E-state index in [1.807, 2.05) is 12.1 Å². The van der Waals surface area contributed by atoms with Crippen molar-refractivity contribution in [1.82, 2.24) is 0 Å². The van der Waals surface area contributed by atoms with Gasteiger partial charge in [-0.3, -0.25) is 0 Å².